The van der Waals surface area contributed by atoms with Crippen LogP contribution in [0, 0.1) is 11.3 Å². The average molecular weight is 548 g/mol. The maximum Gasteiger partial charge on any atom is 0.418 e. The largest absolute Gasteiger partial charge is 0.418 e. The van der Waals surface area contributed by atoms with E-state index in [0.29, 0.717) is 29.4 Å². The van der Waals surface area contributed by atoms with Gasteiger partial charge in [0, 0.05) is 29.4 Å². The van der Waals surface area contributed by atoms with E-state index in [0.717, 1.165) is 30.4 Å². The number of carbonyl (C=O) groups is 1. The van der Waals surface area contributed by atoms with Crippen molar-refractivity contribution in [1.82, 2.24) is 25.6 Å². The van der Waals surface area contributed by atoms with E-state index in [1.807, 2.05) is 6.07 Å². The van der Waals surface area contributed by atoms with Crippen molar-refractivity contribution in [2.45, 2.75) is 37.8 Å². The smallest absolute Gasteiger partial charge is 0.325 e. The van der Waals surface area contributed by atoms with Crippen LogP contribution in [-0.2, 0) is 6.18 Å². The molecule has 0 radical (unpaired) electrons. The summed E-state index contributed by atoms with van der Waals surface area (Å²) in [5.74, 6) is 1.45. The Morgan fingerprint density at radius 2 is 1.80 bits per heavy atom. The molecule has 2 aromatic carbocycles. The van der Waals surface area contributed by atoms with Crippen LogP contribution in [0.25, 0.3) is 0 Å². The number of benzene rings is 2. The van der Waals surface area contributed by atoms with Gasteiger partial charge in [-0.1, -0.05) is 12.8 Å². The summed E-state index contributed by atoms with van der Waals surface area (Å²) < 4.78 is 40.0. The highest BCUT2D eigenvalue weighted by molar-refractivity contribution is 5.95. The zero-order valence-electron chi connectivity index (χ0n) is 21.0. The Labute approximate surface area is 227 Å². The molecule has 2 heterocycles. The van der Waals surface area contributed by atoms with Gasteiger partial charge in [0.05, 0.1) is 28.6 Å². The topological polar surface area (TPSA) is 143 Å². The minimum atomic E-state index is -4.71. The molecule has 0 unspecified atom stereocenters. The van der Waals surface area contributed by atoms with Crippen molar-refractivity contribution in [2.75, 3.05) is 16.1 Å². The van der Waals surface area contributed by atoms with Gasteiger partial charge in [0.1, 0.15) is 11.6 Å². The highest BCUT2D eigenvalue weighted by Gasteiger charge is 2.34. The van der Waals surface area contributed by atoms with Gasteiger partial charge in [0.25, 0.3) is 5.91 Å². The number of hydrazine groups is 1. The van der Waals surface area contributed by atoms with Gasteiger partial charge >= 0.3 is 6.18 Å². The Kier molecular flexibility index (Phi) is 7.50. The van der Waals surface area contributed by atoms with E-state index in [4.69, 9.17) is 5.26 Å². The molecule has 13 heteroatoms. The third-order valence-corrected chi connectivity index (χ3v) is 6.46. The number of nitriles is 1. The third-order valence-electron chi connectivity index (χ3n) is 6.46. The molecule has 5 rings (SSSR count). The van der Waals surface area contributed by atoms with Gasteiger partial charge in [-0.05, 0) is 61.4 Å². The molecular weight excluding hydrogens is 523 g/mol. The number of rotatable bonds is 8. The highest BCUT2D eigenvalue weighted by atomic mass is 19.4. The number of amides is 1. The lowest BCUT2D eigenvalue weighted by Gasteiger charge is -2.15. The van der Waals surface area contributed by atoms with Crippen LogP contribution in [0.15, 0.2) is 60.8 Å². The van der Waals surface area contributed by atoms with E-state index in [-0.39, 0.29) is 16.8 Å². The molecule has 5 N–H and O–H groups in total. The second-order valence-electron chi connectivity index (χ2n) is 9.23. The molecule has 0 aliphatic heterocycles. The Morgan fingerprint density at radius 3 is 2.52 bits per heavy atom. The SMILES string of the molecule is N#Cc1ccc(NNC(=O)c2ccc(Nc3nccc(Nc4cc(C5CCCC5)n[nH]4)n3)cc2)c(C(F)(F)F)c1. The summed E-state index contributed by atoms with van der Waals surface area (Å²) in [5.41, 5.74) is 4.79. The molecule has 0 bridgehead atoms. The Balaban J connectivity index is 1.19. The van der Waals surface area contributed by atoms with Crippen LogP contribution < -0.4 is 21.5 Å². The number of nitrogens with one attached hydrogen (secondary N) is 5. The summed E-state index contributed by atoms with van der Waals surface area (Å²) >= 11 is 0. The highest BCUT2D eigenvalue weighted by Crippen LogP contribution is 2.35. The van der Waals surface area contributed by atoms with Gasteiger partial charge in [0.2, 0.25) is 5.95 Å². The molecular formula is C27H24F3N9O. The predicted molar refractivity (Wildman–Crippen MR) is 142 cm³/mol. The van der Waals surface area contributed by atoms with Gasteiger partial charge < -0.3 is 10.6 Å². The van der Waals surface area contributed by atoms with Crippen molar-refractivity contribution < 1.29 is 18.0 Å². The first kappa shape index (κ1) is 26.5. The molecule has 40 heavy (non-hydrogen) atoms. The number of carbonyl (C=O) groups excluding carboxylic acids is 1. The fourth-order valence-electron chi connectivity index (χ4n) is 4.45. The first-order valence-corrected chi connectivity index (χ1v) is 12.5. The van der Waals surface area contributed by atoms with Crippen molar-refractivity contribution in [3.05, 3.63) is 83.2 Å². The maximum atomic E-state index is 13.3. The molecule has 10 nitrogen and oxygen atoms in total. The fourth-order valence-corrected chi connectivity index (χ4v) is 4.45. The summed E-state index contributed by atoms with van der Waals surface area (Å²) in [4.78, 5) is 21.2. The lowest BCUT2D eigenvalue weighted by molar-refractivity contribution is -0.137. The van der Waals surface area contributed by atoms with Crippen molar-refractivity contribution >= 4 is 34.9 Å². The van der Waals surface area contributed by atoms with E-state index >= 15 is 0 Å². The van der Waals surface area contributed by atoms with Crippen molar-refractivity contribution in [2.24, 2.45) is 0 Å². The van der Waals surface area contributed by atoms with E-state index in [9.17, 15) is 18.0 Å². The second kappa shape index (κ2) is 11.3. The number of nitrogens with zero attached hydrogens (tertiary/aromatic N) is 4. The number of aromatic amines is 1. The first-order valence-electron chi connectivity index (χ1n) is 12.5. The Morgan fingerprint density at radius 1 is 1.02 bits per heavy atom. The zero-order valence-corrected chi connectivity index (χ0v) is 21.0. The average Bonchev–Trinajstić information content (AvgIpc) is 3.64. The van der Waals surface area contributed by atoms with Gasteiger partial charge in [-0.2, -0.15) is 28.5 Å². The third kappa shape index (κ3) is 6.29. The Hall–Kier alpha value is -5.12. The number of halogens is 3. The van der Waals surface area contributed by atoms with E-state index < -0.39 is 17.6 Å². The lowest BCUT2D eigenvalue weighted by Crippen LogP contribution is -2.30. The Bertz CT molecular complexity index is 1540. The molecule has 0 spiro atoms. The maximum absolute atomic E-state index is 13.3. The lowest BCUT2D eigenvalue weighted by atomic mass is 10.0. The summed E-state index contributed by atoms with van der Waals surface area (Å²) in [6, 6.07) is 14.6. The molecule has 1 saturated carbocycles. The number of hydrogen-bond acceptors (Lipinski definition) is 8. The minimum Gasteiger partial charge on any atom is -0.325 e. The molecule has 204 valence electrons. The van der Waals surface area contributed by atoms with Crippen LogP contribution in [0.3, 0.4) is 0 Å². The van der Waals surface area contributed by atoms with Crippen LogP contribution in [0.1, 0.15) is 58.8 Å². The summed E-state index contributed by atoms with van der Waals surface area (Å²) in [5, 5.41) is 22.5. The van der Waals surface area contributed by atoms with Gasteiger partial charge in [-0.15, -0.1) is 0 Å². The number of anilines is 5. The molecule has 1 amide bonds. The molecule has 1 aliphatic rings. The summed E-state index contributed by atoms with van der Waals surface area (Å²) in [7, 11) is 0. The van der Waals surface area contributed by atoms with Crippen molar-refractivity contribution in [1.29, 1.82) is 5.26 Å². The molecule has 2 aromatic heterocycles. The standard InChI is InChI=1S/C27H24F3N9O/c28-27(29,30)20-13-16(15-31)5-10-21(20)36-39-25(40)18-6-8-19(9-7-18)33-26-32-12-11-23(35-26)34-24-14-22(37-38-24)17-3-1-2-4-17/h5-14,17,36H,1-4H2,(H,39,40)(H3,32,33,34,35,37,38). The predicted octanol–water partition coefficient (Wildman–Crippen LogP) is 5.99. The van der Waals surface area contributed by atoms with Crippen molar-refractivity contribution in [3.8, 4) is 6.07 Å². The van der Waals surface area contributed by atoms with Gasteiger partial charge in [-0.25, -0.2) is 4.98 Å². The van der Waals surface area contributed by atoms with E-state index in [1.54, 1.807) is 30.5 Å². The van der Waals surface area contributed by atoms with Crippen LogP contribution in [-0.4, -0.2) is 26.1 Å². The molecule has 1 aliphatic carbocycles. The molecule has 0 saturated heterocycles. The van der Waals surface area contributed by atoms with Crippen LogP contribution in [0.2, 0.25) is 0 Å². The second-order valence-corrected chi connectivity index (χ2v) is 9.23. The van der Waals surface area contributed by atoms with Crippen LogP contribution in [0.4, 0.5) is 42.1 Å². The number of hydrogen-bond donors (Lipinski definition) is 5. The van der Waals surface area contributed by atoms with Crippen LogP contribution in [0.5, 0.6) is 0 Å². The van der Waals surface area contributed by atoms with Gasteiger partial charge in [0.15, 0.2) is 0 Å². The quantitative estimate of drug-likeness (QED) is 0.169. The normalized spacial score (nSPS) is 13.4. The van der Waals surface area contributed by atoms with Crippen LogP contribution >= 0.6 is 0 Å². The monoisotopic (exact) mass is 547 g/mol. The number of aromatic nitrogens is 4. The minimum absolute atomic E-state index is 0.146. The van der Waals surface area contributed by atoms with E-state index in [1.165, 1.54) is 31.0 Å². The van der Waals surface area contributed by atoms with Gasteiger partial charge in [-0.3, -0.25) is 20.7 Å². The summed E-state index contributed by atoms with van der Waals surface area (Å²) in [6.07, 6.45) is 1.64. The zero-order chi connectivity index (χ0) is 28.1. The fraction of sp³-hybridized carbons (Fsp3) is 0.222. The van der Waals surface area contributed by atoms with E-state index in [2.05, 4.69) is 41.7 Å². The summed E-state index contributed by atoms with van der Waals surface area (Å²) in [6.45, 7) is 0. The number of alkyl halides is 3. The first-order chi connectivity index (χ1) is 19.3. The van der Waals surface area contributed by atoms with Crippen molar-refractivity contribution in [3.63, 3.8) is 0 Å². The molecule has 4 aromatic rings. The molecule has 0 atom stereocenters. The molecule has 1 fully saturated rings. The number of H-pyrrole nitrogens is 1.